The average molecular weight is 328 g/mol. The molecule has 1 aliphatic heterocycles. The van der Waals surface area contributed by atoms with E-state index in [0.29, 0.717) is 26.2 Å². The molecule has 8 heteroatoms. The number of carbonyl (C=O) groups is 2. The molecule has 3 rings (SSSR count). The number of aromatic hydroxyl groups is 2. The van der Waals surface area contributed by atoms with Crippen LogP contribution in [0.2, 0.25) is 0 Å². The van der Waals surface area contributed by atoms with Crippen molar-refractivity contribution in [2.75, 3.05) is 26.2 Å². The number of phenols is 2. The molecule has 0 saturated carbocycles. The Morgan fingerprint density at radius 1 is 0.875 bits per heavy atom. The van der Waals surface area contributed by atoms with Gasteiger partial charge in [-0.25, -0.2) is 4.98 Å². The molecule has 1 aromatic heterocycles. The SMILES string of the molecule is O=C(c1cc(O)cc(O)c1)N1CCN(C(=O)c2cnccn2)CC1. The molecule has 1 saturated heterocycles. The summed E-state index contributed by atoms with van der Waals surface area (Å²) >= 11 is 0. The van der Waals surface area contributed by atoms with Crippen LogP contribution < -0.4 is 0 Å². The Morgan fingerprint density at radius 2 is 1.46 bits per heavy atom. The number of rotatable bonds is 2. The van der Waals surface area contributed by atoms with E-state index in [0.717, 1.165) is 6.07 Å². The van der Waals surface area contributed by atoms with E-state index in [2.05, 4.69) is 9.97 Å². The van der Waals surface area contributed by atoms with Gasteiger partial charge in [0.25, 0.3) is 11.8 Å². The van der Waals surface area contributed by atoms with E-state index in [-0.39, 0.29) is 34.6 Å². The fourth-order valence-corrected chi connectivity index (χ4v) is 2.59. The first kappa shape index (κ1) is 15.7. The molecule has 2 N–H and O–H groups in total. The first-order valence-corrected chi connectivity index (χ1v) is 7.42. The molecule has 0 spiro atoms. The van der Waals surface area contributed by atoms with Crippen LogP contribution in [0.5, 0.6) is 11.5 Å². The number of hydrogen-bond donors (Lipinski definition) is 2. The Morgan fingerprint density at radius 3 is 2.00 bits per heavy atom. The van der Waals surface area contributed by atoms with Crippen molar-refractivity contribution in [3.05, 3.63) is 48.0 Å². The topological polar surface area (TPSA) is 107 Å². The molecule has 0 radical (unpaired) electrons. The van der Waals surface area contributed by atoms with Crippen molar-refractivity contribution in [2.45, 2.75) is 0 Å². The predicted molar refractivity (Wildman–Crippen MR) is 83.6 cm³/mol. The van der Waals surface area contributed by atoms with Gasteiger partial charge in [0.1, 0.15) is 17.2 Å². The Labute approximate surface area is 138 Å². The van der Waals surface area contributed by atoms with Crippen LogP contribution in [0, 0.1) is 0 Å². The van der Waals surface area contributed by atoms with Gasteiger partial charge < -0.3 is 20.0 Å². The molecular weight excluding hydrogens is 312 g/mol. The lowest BCUT2D eigenvalue weighted by atomic mass is 10.1. The highest BCUT2D eigenvalue weighted by atomic mass is 16.3. The number of amides is 2. The quantitative estimate of drug-likeness (QED) is 0.831. The number of piperazine rings is 1. The minimum Gasteiger partial charge on any atom is -0.508 e. The third kappa shape index (κ3) is 3.27. The fraction of sp³-hybridized carbons (Fsp3) is 0.250. The molecule has 24 heavy (non-hydrogen) atoms. The van der Waals surface area contributed by atoms with E-state index in [1.165, 1.54) is 30.7 Å². The van der Waals surface area contributed by atoms with Crippen LogP contribution in [0.25, 0.3) is 0 Å². The third-order valence-electron chi connectivity index (χ3n) is 3.79. The van der Waals surface area contributed by atoms with Gasteiger partial charge in [-0.05, 0) is 12.1 Å². The summed E-state index contributed by atoms with van der Waals surface area (Å²) in [6, 6.07) is 3.77. The predicted octanol–water partition coefficient (Wildman–Crippen LogP) is 0.486. The van der Waals surface area contributed by atoms with Crippen LogP contribution in [0.4, 0.5) is 0 Å². The summed E-state index contributed by atoms with van der Waals surface area (Å²) in [5, 5.41) is 19.0. The second-order valence-corrected chi connectivity index (χ2v) is 5.41. The molecular formula is C16H16N4O4. The Hall–Kier alpha value is -3.16. The zero-order chi connectivity index (χ0) is 17.1. The molecule has 1 fully saturated rings. The summed E-state index contributed by atoms with van der Waals surface area (Å²) in [4.78, 5) is 35.8. The van der Waals surface area contributed by atoms with Gasteiger partial charge in [0, 0.05) is 50.2 Å². The number of hydrogen-bond acceptors (Lipinski definition) is 6. The molecule has 0 aliphatic carbocycles. The average Bonchev–Trinajstić information content (AvgIpc) is 2.60. The number of phenolic OH excluding ortho intramolecular Hbond substituents is 2. The highest BCUT2D eigenvalue weighted by molar-refractivity contribution is 5.95. The van der Waals surface area contributed by atoms with Crippen LogP contribution in [-0.4, -0.2) is 68.0 Å². The van der Waals surface area contributed by atoms with E-state index in [1.54, 1.807) is 9.80 Å². The van der Waals surface area contributed by atoms with E-state index < -0.39 is 0 Å². The largest absolute Gasteiger partial charge is 0.508 e. The summed E-state index contributed by atoms with van der Waals surface area (Å²) in [5.41, 5.74) is 0.483. The second kappa shape index (κ2) is 6.53. The molecule has 124 valence electrons. The lowest BCUT2D eigenvalue weighted by molar-refractivity contribution is 0.0531. The fourth-order valence-electron chi connectivity index (χ4n) is 2.59. The number of nitrogens with zero attached hydrogens (tertiary/aromatic N) is 4. The minimum absolute atomic E-state index is 0.171. The molecule has 2 amide bonds. The first-order valence-electron chi connectivity index (χ1n) is 7.42. The molecule has 2 heterocycles. The van der Waals surface area contributed by atoms with Crippen LogP contribution in [0.1, 0.15) is 20.8 Å². The summed E-state index contributed by atoms with van der Waals surface area (Å²) < 4.78 is 0. The lowest BCUT2D eigenvalue weighted by Gasteiger charge is -2.34. The van der Waals surface area contributed by atoms with Gasteiger partial charge in [-0.2, -0.15) is 0 Å². The van der Waals surface area contributed by atoms with Crippen molar-refractivity contribution >= 4 is 11.8 Å². The van der Waals surface area contributed by atoms with Crippen LogP contribution >= 0.6 is 0 Å². The highest BCUT2D eigenvalue weighted by Crippen LogP contribution is 2.22. The molecule has 1 aliphatic rings. The van der Waals surface area contributed by atoms with Gasteiger partial charge in [0.15, 0.2) is 0 Å². The summed E-state index contributed by atoms with van der Waals surface area (Å²) in [5.74, 6) is -0.859. The molecule has 1 aromatic carbocycles. The summed E-state index contributed by atoms with van der Waals surface area (Å²) in [6.07, 6.45) is 4.37. The van der Waals surface area contributed by atoms with Crippen molar-refractivity contribution in [2.24, 2.45) is 0 Å². The number of carbonyl (C=O) groups excluding carboxylic acids is 2. The number of aromatic nitrogens is 2. The standard InChI is InChI=1S/C16H16N4O4/c21-12-7-11(8-13(22)9-12)15(23)19-3-5-20(6-4-19)16(24)14-10-17-1-2-18-14/h1-2,7-10,21-22H,3-6H2. The summed E-state index contributed by atoms with van der Waals surface area (Å²) in [7, 11) is 0. The van der Waals surface area contributed by atoms with E-state index >= 15 is 0 Å². The minimum atomic E-state index is -0.298. The monoisotopic (exact) mass is 328 g/mol. The smallest absolute Gasteiger partial charge is 0.274 e. The van der Waals surface area contributed by atoms with Crippen molar-refractivity contribution < 1.29 is 19.8 Å². The van der Waals surface area contributed by atoms with Gasteiger partial charge in [0.2, 0.25) is 0 Å². The molecule has 0 unspecified atom stereocenters. The third-order valence-corrected chi connectivity index (χ3v) is 3.79. The Balaban J connectivity index is 1.64. The first-order chi connectivity index (χ1) is 11.5. The van der Waals surface area contributed by atoms with Crippen molar-refractivity contribution in [1.29, 1.82) is 0 Å². The Kier molecular flexibility index (Phi) is 4.28. The zero-order valence-electron chi connectivity index (χ0n) is 12.8. The molecule has 8 nitrogen and oxygen atoms in total. The van der Waals surface area contributed by atoms with Crippen LogP contribution in [0.3, 0.4) is 0 Å². The van der Waals surface area contributed by atoms with Crippen LogP contribution in [-0.2, 0) is 0 Å². The van der Waals surface area contributed by atoms with Gasteiger partial charge in [-0.1, -0.05) is 0 Å². The van der Waals surface area contributed by atoms with Crippen molar-refractivity contribution in [3.8, 4) is 11.5 Å². The van der Waals surface area contributed by atoms with Gasteiger partial charge in [-0.3, -0.25) is 14.6 Å². The van der Waals surface area contributed by atoms with E-state index in [1.807, 2.05) is 0 Å². The second-order valence-electron chi connectivity index (χ2n) is 5.41. The lowest BCUT2D eigenvalue weighted by Crippen LogP contribution is -2.50. The zero-order valence-corrected chi connectivity index (χ0v) is 12.8. The normalized spacial score (nSPS) is 14.5. The van der Waals surface area contributed by atoms with E-state index in [4.69, 9.17) is 0 Å². The van der Waals surface area contributed by atoms with Gasteiger partial charge in [-0.15, -0.1) is 0 Å². The van der Waals surface area contributed by atoms with Gasteiger partial charge in [0.05, 0.1) is 6.20 Å². The van der Waals surface area contributed by atoms with Crippen LogP contribution in [0.15, 0.2) is 36.8 Å². The van der Waals surface area contributed by atoms with Crippen molar-refractivity contribution in [1.82, 2.24) is 19.8 Å². The maximum atomic E-state index is 12.4. The summed E-state index contributed by atoms with van der Waals surface area (Å²) in [6.45, 7) is 1.49. The highest BCUT2D eigenvalue weighted by Gasteiger charge is 2.26. The van der Waals surface area contributed by atoms with Gasteiger partial charge >= 0.3 is 0 Å². The molecule has 0 bridgehead atoms. The Bertz CT molecular complexity index is 738. The maximum Gasteiger partial charge on any atom is 0.274 e. The van der Waals surface area contributed by atoms with E-state index in [9.17, 15) is 19.8 Å². The maximum absolute atomic E-state index is 12.4. The molecule has 2 aromatic rings. The number of benzene rings is 1. The molecule has 0 atom stereocenters. The van der Waals surface area contributed by atoms with Crippen molar-refractivity contribution in [3.63, 3.8) is 0 Å².